The van der Waals surface area contributed by atoms with E-state index in [4.69, 9.17) is 9.47 Å². The standard InChI is InChI=1S/C25H30N2O4/c1-24(2,3)31-23(29)26-20(16-11-7-6-8-12-16)22(28)27-21-18-14-10-9-13-17(18)15-19(21)30-25(27,4)5/h6-14,19-21H,15H2,1-5H3,(H,26,29)/t19-,20?,21+/m1/s1. The minimum Gasteiger partial charge on any atom is -0.444 e. The number of amides is 2. The first kappa shape index (κ1) is 21.4. The van der Waals surface area contributed by atoms with E-state index in [1.807, 2.05) is 56.3 Å². The van der Waals surface area contributed by atoms with Crippen LogP contribution in [-0.4, -0.2) is 34.3 Å². The van der Waals surface area contributed by atoms with Crippen molar-refractivity contribution in [2.75, 3.05) is 0 Å². The summed E-state index contributed by atoms with van der Waals surface area (Å²) in [7, 11) is 0. The molecule has 0 saturated carbocycles. The number of alkyl carbamates (subject to hydrolysis) is 1. The molecule has 1 aliphatic heterocycles. The molecule has 164 valence electrons. The van der Waals surface area contributed by atoms with Gasteiger partial charge in [-0.3, -0.25) is 4.79 Å². The summed E-state index contributed by atoms with van der Waals surface area (Å²) in [6.45, 7) is 9.19. The summed E-state index contributed by atoms with van der Waals surface area (Å²) in [5.41, 5.74) is 1.53. The maximum atomic E-state index is 14.0. The summed E-state index contributed by atoms with van der Waals surface area (Å²) in [6, 6.07) is 16.3. The molecule has 1 heterocycles. The summed E-state index contributed by atoms with van der Waals surface area (Å²) < 4.78 is 11.8. The van der Waals surface area contributed by atoms with Crippen molar-refractivity contribution in [3.05, 3.63) is 71.3 Å². The van der Waals surface area contributed by atoms with Crippen molar-refractivity contribution in [1.82, 2.24) is 10.2 Å². The molecular weight excluding hydrogens is 392 g/mol. The van der Waals surface area contributed by atoms with Gasteiger partial charge in [0, 0.05) is 6.42 Å². The van der Waals surface area contributed by atoms with Gasteiger partial charge in [0.25, 0.3) is 5.91 Å². The minimum absolute atomic E-state index is 0.102. The predicted molar refractivity (Wildman–Crippen MR) is 117 cm³/mol. The lowest BCUT2D eigenvalue weighted by atomic mass is 10.0. The summed E-state index contributed by atoms with van der Waals surface area (Å²) >= 11 is 0. The molecule has 6 nitrogen and oxygen atoms in total. The largest absolute Gasteiger partial charge is 0.444 e. The zero-order chi connectivity index (χ0) is 22.4. The van der Waals surface area contributed by atoms with Crippen LogP contribution in [0.25, 0.3) is 0 Å². The fraction of sp³-hybridized carbons (Fsp3) is 0.440. The van der Waals surface area contributed by atoms with E-state index in [0.29, 0.717) is 5.56 Å². The van der Waals surface area contributed by atoms with Gasteiger partial charge in [0.15, 0.2) is 0 Å². The Hall–Kier alpha value is -2.86. The molecule has 2 aromatic carbocycles. The number of fused-ring (bicyclic) bond motifs is 3. The Kier molecular flexibility index (Phi) is 5.30. The third-order valence-electron chi connectivity index (χ3n) is 5.72. The number of hydrogen-bond donors (Lipinski definition) is 1. The fourth-order valence-electron chi connectivity index (χ4n) is 4.61. The Labute approximate surface area is 183 Å². The van der Waals surface area contributed by atoms with E-state index in [9.17, 15) is 9.59 Å². The monoisotopic (exact) mass is 422 g/mol. The fourth-order valence-corrected chi connectivity index (χ4v) is 4.61. The van der Waals surface area contributed by atoms with E-state index in [1.54, 1.807) is 25.7 Å². The molecule has 1 N–H and O–H groups in total. The van der Waals surface area contributed by atoms with Crippen LogP contribution in [0.3, 0.4) is 0 Å². The highest BCUT2D eigenvalue weighted by molar-refractivity contribution is 5.88. The third kappa shape index (κ3) is 4.17. The molecule has 0 radical (unpaired) electrons. The zero-order valence-electron chi connectivity index (χ0n) is 18.7. The lowest BCUT2D eigenvalue weighted by Gasteiger charge is -2.36. The van der Waals surface area contributed by atoms with Crippen LogP contribution in [0.1, 0.15) is 63.4 Å². The van der Waals surface area contributed by atoms with Gasteiger partial charge in [-0.15, -0.1) is 0 Å². The Balaban J connectivity index is 1.69. The first-order valence-electron chi connectivity index (χ1n) is 10.7. The quantitative estimate of drug-likeness (QED) is 0.790. The van der Waals surface area contributed by atoms with Gasteiger partial charge in [-0.05, 0) is 51.3 Å². The van der Waals surface area contributed by atoms with Crippen molar-refractivity contribution in [3.63, 3.8) is 0 Å². The molecule has 1 unspecified atom stereocenters. The van der Waals surface area contributed by atoms with Crippen LogP contribution < -0.4 is 5.32 Å². The molecule has 6 heteroatoms. The number of nitrogens with zero attached hydrogens (tertiary/aromatic N) is 1. The number of ether oxygens (including phenoxy) is 2. The second-order valence-electron chi connectivity index (χ2n) is 9.65. The van der Waals surface area contributed by atoms with Crippen molar-refractivity contribution in [2.45, 2.75) is 70.6 Å². The van der Waals surface area contributed by atoms with E-state index in [-0.39, 0.29) is 18.1 Å². The molecule has 1 fully saturated rings. The second kappa shape index (κ2) is 7.68. The van der Waals surface area contributed by atoms with E-state index in [0.717, 1.165) is 12.0 Å². The summed E-state index contributed by atoms with van der Waals surface area (Å²) in [4.78, 5) is 28.4. The molecule has 4 rings (SSSR count). The molecule has 1 aliphatic carbocycles. The first-order valence-corrected chi connectivity index (χ1v) is 10.7. The SMILES string of the molecule is CC(C)(C)OC(=O)NC(C(=O)N1[C@H]2c3ccccc3C[C@H]2OC1(C)C)c1ccccc1. The van der Waals surface area contributed by atoms with Gasteiger partial charge in [0.05, 0.1) is 12.1 Å². The van der Waals surface area contributed by atoms with E-state index >= 15 is 0 Å². The van der Waals surface area contributed by atoms with Crippen LogP contribution in [0.5, 0.6) is 0 Å². The Morgan fingerprint density at radius 1 is 1.10 bits per heavy atom. The maximum Gasteiger partial charge on any atom is 0.408 e. The highest BCUT2D eigenvalue weighted by Gasteiger charge is 2.54. The molecule has 3 atom stereocenters. The van der Waals surface area contributed by atoms with Gasteiger partial charge in [0.2, 0.25) is 0 Å². The average Bonchev–Trinajstić information content (AvgIpc) is 3.15. The molecule has 0 bridgehead atoms. The van der Waals surface area contributed by atoms with E-state index in [1.165, 1.54) is 5.56 Å². The van der Waals surface area contributed by atoms with Crippen molar-refractivity contribution in [2.24, 2.45) is 0 Å². The summed E-state index contributed by atoms with van der Waals surface area (Å²) in [5.74, 6) is -0.216. The molecule has 0 aromatic heterocycles. The molecule has 31 heavy (non-hydrogen) atoms. The van der Waals surface area contributed by atoms with Crippen molar-refractivity contribution in [1.29, 1.82) is 0 Å². The highest BCUT2D eigenvalue weighted by atomic mass is 16.6. The Bertz CT molecular complexity index is 981. The smallest absolute Gasteiger partial charge is 0.408 e. The average molecular weight is 423 g/mol. The molecular formula is C25H30N2O4. The molecule has 2 aromatic rings. The summed E-state index contributed by atoms with van der Waals surface area (Å²) in [6.07, 6.45) is 0.0362. The van der Waals surface area contributed by atoms with Crippen molar-refractivity contribution >= 4 is 12.0 Å². The van der Waals surface area contributed by atoms with Gasteiger partial charge in [-0.25, -0.2) is 4.79 Å². The number of carbonyl (C=O) groups excluding carboxylic acids is 2. The molecule has 2 amide bonds. The zero-order valence-corrected chi connectivity index (χ0v) is 18.7. The maximum absolute atomic E-state index is 14.0. The lowest BCUT2D eigenvalue weighted by molar-refractivity contribution is -0.150. The number of hydrogen-bond acceptors (Lipinski definition) is 4. The Morgan fingerprint density at radius 2 is 1.74 bits per heavy atom. The van der Waals surface area contributed by atoms with E-state index in [2.05, 4.69) is 17.4 Å². The lowest BCUT2D eigenvalue weighted by Crippen LogP contribution is -2.50. The van der Waals surface area contributed by atoms with E-state index < -0.39 is 23.5 Å². The topological polar surface area (TPSA) is 67.9 Å². The Morgan fingerprint density at radius 3 is 2.42 bits per heavy atom. The summed E-state index contributed by atoms with van der Waals surface area (Å²) in [5, 5.41) is 2.80. The van der Waals surface area contributed by atoms with Gasteiger partial charge in [-0.2, -0.15) is 0 Å². The van der Waals surface area contributed by atoms with Crippen LogP contribution in [0.15, 0.2) is 54.6 Å². The predicted octanol–water partition coefficient (Wildman–Crippen LogP) is 4.51. The molecule has 1 saturated heterocycles. The normalized spacial score (nSPS) is 22.4. The molecule has 2 aliphatic rings. The van der Waals surface area contributed by atoms with Crippen LogP contribution in [-0.2, 0) is 20.7 Å². The first-order chi connectivity index (χ1) is 14.6. The van der Waals surface area contributed by atoms with Crippen LogP contribution in [0.2, 0.25) is 0 Å². The highest BCUT2D eigenvalue weighted by Crippen LogP contribution is 2.49. The van der Waals surface area contributed by atoms with Crippen LogP contribution in [0, 0.1) is 0 Å². The number of benzene rings is 2. The number of carbonyl (C=O) groups is 2. The van der Waals surface area contributed by atoms with Crippen LogP contribution >= 0.6 is 0 Å². The second-order valence-corrected chi connectivity index (χ2v) is 9.65. The number of rotatable bonds is 3. The van der Waals surface area contributed by atoms with Gasteiger partial charge >= 0.3 is 6.09 Å². The van der Waals surface area contributed by atoms with Crippen LogP contribution in [0.4, 0.5) is 4.79 Å². The third-order valence-corrected chi connectivity index (χ3v) is 5.72. The van der Waals surface area contributed by atoms with Crippen molar-refractivity contribution < 1.29 is 19.1 Å². The molecule has 0 spiro atoms. The van der Waals surface area contributed by atoms with Gasteiger partial charge in [-0.1, -0.05) is 54.6 Å². The van der Waals surface area contributed by atoms with Gasteiger partial charge < -0.3 is 19.7 Å². The number of nitrogens with one attached hydrogen (secondary N) is 1. The van der Waals surface area contributed by atoms with Crippen molar-refractivity contribution in [3.8, 4) is 0 Å². The van der Waals surface area contributed by atoms with Gasteiger partial charge in [0.1, 0.15) is 17.4 Å². The minimum atomic E-state index is -0.884.